The molecule has 2 aliphatic rings. The number of anilines is 1. The maximum absolute atomic E-state index is 15.5. The van der Waals surface area contributed by atoms with Crippen LogP contribution in [0.15, 0.2) is 65.8 Å². The molecule has 0 bridgehead atoms. The van der Waals surface area contributed by atoms with E-state index in [1.165, 1.54) is 20.1 Å². The second-order valence-electron chi connectivity index (χ2n) is 12.0. The summed E-state index contributed by atoms with van der Waals surface area (Å²) in [7, 11) is 1.17. The van der Waals surface area contributed by atoms with E-state index in [-0.39, 0.29) is 42.5 Å². The van der Waals surface area contributed by atoms with Gasteiger partial charge in [-0.3, -0.25) is 9.59 Å². The molecule has 5 rings (SSSR count). The number of carbonyl (C=O) groups is 3. The number of alkyl halides is 3. The van der Waals surface area contributed by atoms with E-state index in [0.29, 0.717) is 11.1 Å². The van der Waals surface area contributed by atoms with Gasteiger partial charge in [0.05, 0.1) is 25.9 Å². The number of Topliss-reactive ketones (excluding diaryl/α,β-unsaturated/α-hetero) is 1. The third-order valence-electron chi connectivity index (χ3n) is 9.00. The zero-order valence-electron chi connectivity index (χ0n) is 26.8. The Morgan fingerprint density at radius 2 is 1.79 bits per heavy atom. The molecule has 248 valence electrons. The first-order chi connectivity index (χ1) is 22.2. The smallest absolute Gasteiger partial charge is 0.411 e. The summed E-state index contributed by atoms with van der Waals surface area (Å²) < 4.78 is 66.4. The molecule has 3 aromatic rings. The van der Waals surface area contributed by atoms with Gasteiger partial charge in [-0.05, 0) is 65.9 Å². The zero-order valence-corrected chi connectivity index (χ0v) is 26.8. The Morgan fingerprint density at radius 3 is 2.45 bits per heavy atom. The predicted octanol–water partition coefficient (Wildman–Crippen LogP) is 6.51. The Balaban J connectivity index is 1.45. The normalized spacial score (nSPS) is 19.5. The van der Waals surface area contributed by atoms with Crippen molar-refractivity contribution in [1.29, 1.82) is 0 Å². The van der Waals surface area contributed by atoms with Gasteiger partial charge >= 0.3 is 12.1 Å². The number of amides is 1. The third-order valence-corrected chi connectivity index (χ3v) is 9.00. The minimum atomic E-state index is -4.60. The number of fused-ring (bicyclic) bond motifs is 1. The fourth-order valence-corrected chi connectivity index (χ4v) is 6.41. The lowest BCUT2D eigenvalue weighted by Crippen LogP contribution is -2.53. The number of hydrogen-bond donors (Lipinski definition) is 1. The van der Waals surface area contributed by atoms with Crippen molar-refractivity contribution in [2.75, 3.05) is 31.8 Å². The van der Waals surface area contributed by atoms with Gasteiger partial charge in [-0.15, -0.1) is 0 Å². The first kappa shape index (κ1) is 33.8. The topological polar surface area (TPSA) is 84.9 Å². The second kappa shape index (κ2) is 13.3. The van der Waals surface area contributed by atoms with Crippen LogP contribution in [0.1, 0.15) is 47.8 Å². The number of aryl methyl sites for hydroxylation is 1. The van der Waals surface area contributed by atoms with Crippen LogP contribution in [0.5, 0.6) is 0 Å². The van der Waals surface area contributed by atoms with Crippen LogP contribution in [-0.2, 0) is 25.5 Å². The number of rotatable bonds is 7. The van der Waals surface area contributed by atoms with E-state index in [1.807, 2.05) is 57.2 Å². The molecule has 47 heavy (non-hydrogen) atoms. The first-order valence-electron chi connectivity index (χ1n) is 15.3. The molecule has 7 nitrogen and oxygen atoms in total. The van der Waals surface area contributed by atoms with E-state index < -0.39 is 48.1 Å². The molecule has 11 heteroatoms. The number of methoxy groups -OCH3 is 1. The van der Waals surface area contributed by atoms with Crippen LogP contribution in [0.3, 0.4) is 0 Å². The van der Waals surface area contributed by atoms with Crippen LogP contribution in [0, 0.1) is 18.7 Å². The average molecular weight is 653 g/mol. The number of morpholine rings is 1. The number of nitrogens with one attached hydrogen (secondary N) is 1. The lowest BCUT2D eigenvalue weighted by Gasteiger charge is -2.38. The van der Waals surface area contributed by atoms with Crippen molar-refractivity contribution in [3.63, 3.8) is 0 Å². The Morgan fingerprint density at radius 1 is 1.09 bits per heavy atom. The molecule has 1 heterocycles. The molecule has 0 radical (unpaired) electrons. The highest BCUT2D eigenvalue weighted by Gasteiger charge is 2.45. The molecule has 0 aromatic heterocycles. The molecule has 1 N–H and O–H groups in total. The van der Waals surface area contributed by atoms with E-state index in [2.05, 4.69) is 5.32 Å². The van der Waals surface area contributed by atoms with Crippen molar-refractivity contribution >= 4 is 39.7 Å². The standard InChI is InChI=1S/C36H36F4N2O5/c1-19-14-20(2)31(33(43)22(19)4)27-11-10-23(25-8-6-7-9-26(25)27)16-29(35(45)46-5)41-34(44)32-21(3)15-24(17-28(32)37)42-12-13-47-18-30(42)36(38,39)40/h6-11,14-15,17,22,29-30H,12-13,16,18H2,1-5H3,(H,41,44)/t22?,29-,30+/m0/s1. The van der Waals surface area contributed by atoms with E-state index in [9.17, 15) is 27.6 Å². The van der Waals surface area contributed by atoms with Crippen molar-refractivity contribution in [2.24, 2.45) is 5.92 Å². The van der Waals surface area contributed by atoms with Gasteiger partial charge in [0.25, 0.3) is 5.91 Å². The quantitative estimate of drug-likeness (QED) is 0.232. The Kier molecular flexibility index (Phi) is 9.58. The highest BCUT2D eigenvalue weighted by molar-refractivity contribution is 6.27. The molecule has 0 saturated carbocycles. The first-order valence-corrected chi connectivity index (χ1v) is 15.3. The highest BCUT2D eigenvalue weighted by atomic mass is 19.4. The lowest BCUT2D eigenvalue weighted by molar-refractivity contribution is -0.167. The van der Waals surface area contributed by atoms with Crippen LogP contribution >= 0.6 is 0 Å². The van der Waals surface area contributed by atoms with Crippen LogP contribution in [0.2, 0.25) is 0 Å². The minimum absolute atomic E-state index is 0.0135. The van der Waals surface area contributed by atoms with E-state index >= 15 is 4.39 Å². The van der Waals surface area contributed by atoms with Gasteiger partial charge in [0.2, 0.25) is 0 Å². The summed E-state index contributed by atoms with van der Waals surface area (Å²) in [5.74, 6) is -2.95. The van der Waals surface area contributed by atoms with Gasteiger partial charge in [0.15, 0.2) is 5.78 Å². The van der Waals surface area contributed by atoms with E-state index in [0.717, 1.165) is 38.4 Å². The number of benzene rings is 3. The van der Waals surface area contributed by atoms with Crippen molar-refractivity contribution in [2.45, 2.75) is 52.4 Å². The largest absolute Gasteiger partial charge is 0.467 e. The number of carbonyl (C=O) groups excluding carboxylic acids is 3. The number of halogens is 4. The molecule has 0 spiro atoms. The van der Waals surface area contributed by atoms with Gasteiger partial charge in [0.1, 0.15) is 17.9 Å². The Labute approximate surface area is 270 Å². The van der Waals surface area contributed by atoms with Gasteiger partial charge in [0, 0.05) is 30.1 Å². The summed E-state index contributed by atoms with van der Waals surface area (Å²) in [6.07, 6.45) is -2.61. The molecular formula is C36H36F4N2O5. The second-order valence-corrected chi connectivity index (χ2v) is 12.0. The van der Waals surface area contributed by atoms with Crippen molar-refractivity contribution in [3.05, 3.63) is 93.8 Å². The average Bonchev–Trinajstić information content (AvgIpc) is 3.03. The van der Waals surface area contributed by atoms with Crippen molar-refractivity contribution in [3.8, 4) is 0 Å². The molecule has 3 atom stereocenters. The van der Waals surface area contributed by atoms with Gasteiger partial charge in [-0.1, -0.05) is 55.0 Å². The van der Waals surface area contributed by atoms with Gasteiger partial charge < -0.3 is 19.7 Å². The number of esters is 1. The molecule has 1 aliphatic heterocycles. The maximum Gasteiger partial charge on any atom is 0.411 e. The monoisotopic (exact) mass is 652 g/mol. The number of allylic oxidation sites excluding steroid dienone is 4. The van der Waals surface area contributed by atoms with Crippen LogP contribution in [-0.4, -0.2) is 62.8 Å². The Bertz CT molecular complexity index is 1790. The van der Waals surface area contributed by atoms with Crippen molar-refractivity contribution < 1.29 is 41.4 Å². The van der Waals surface area contributed by atoms with E-state index in [1.54, 1.807) is 6.07 Å². The molecule has 1 saturated heterocycles. The highest BCUT2D eigenvalue weighted by Crippen LogP contribution is 2.37. The molecule has 1 amide bonds. The zero-order chi connectivity index (χ0) is 34.2. The summed E-state index contributed by atoms with van der Waals surface area (Å²) >= 11 is 0. The summed E-state index contributed by atoms with van der Waals surface area (Å²) in [5, 5.41) is 4.13. The SMILES string of the molecule is COC(=O)[C@H](Cc1ccc(C2=C(C)C=C(C)C(C)C2=O)c2ccccc12)NC(=O)c1c(C)cc(N2CCOC[C@@H]2C(F)(F)F)cc1F. The fourth-order valence-electron chi connectivity index (χ4n) is 6.41. The van der Waals surface area contributed by atoms with Crippen molar-refractivity contribution in [1.82, 2.24) is 5.32 Å². The molecule has 3 aromatic carbocycles. The molecular weight excluding hydrogens is 616 g/mol. The predicted molar refractivity (Wildman–Crippen MR) is 171 cm³/mol. The maximum atomic E-state index is 15.5. The molecule has 1 unspecified atom stereocenters. The van der Waals surface area contributed by atoms with Crippen LogP contribution in [0.4, 0.5) is 23.2 Å². The number of nitrogens with zero attached hydrogens (tertiary/aromatic N) is 1. The molecule has 1 aliphatic carbocycles. The van der Waals surface area contributed by atoms with Gasteiger partial charge in [-0.2, -0.15) is 13.2 Å². The van der Waals surface area contributed by atoms with E-state index in [4.69, 9.17) is 9.47 Å². The third kappa shape index (κ3) is 6.67. The van der Waals surface area contributed by atoms with Crippen LogP contribution < -0.4 is 10.2 Å². The summed E-state index contributed by atoms with van der Waals surface area (Å²) in [5.41, 5.74) is 3.58. The summed E-state index contributed by atoms with van der Waals surface area (Å²) in [6, 6.07) is 10.1. The minimum Gasteiger partial charge on any atom is -0.467 e. The Hall–Kier alpha value is -4.51. The van der Waals surface area contributed by atoms with Crippen LogP contribution in [0.25, 0.3) is 16.3 Å². The van der Waals surface area contributed by atoms with Gasteiger partial charge in [-0.25, -0.2) is 9.18 Å². The number of hydrogen-bond acceptors (Lipinski definition) is 6. The molecule has 1 fully saturated rings. The lowest BCUT2D eigenvalue weighted by atomic mass is 9.80. The summed E-state index contributed by atoms with van der Waals surface area (Å²) in [4.78, 5) is 40.8. The number of ketones is 1. The fraction of sp³-hybridized carbons (Fsp3) is 0.361. The summed E-state index contributed by atoms with van der Waals surface area (Å²) in [6.45, 7) is 6.47. The number of ether oxygens (including phenoxy) is 2.